The van der Waals surface area contributed by atoms with Gasteiger partial charge in [0.25, 0.3) is 0 Å². The van der Waals surface area contributed by atoms with E-state index in [0.717, 1.165) is 0 Å². The predicted octanol–water partition coefficient (Wildman–Crippen LogP) is 4.62. The van der Waals surface area contributed by atoms with Crippen LogP contribution in [-0.4, -0.2) is 0 Å². The molecule has 0 unspecified atom stereocenters. The lowest BCUT2D eigenvalue weighted by molar-refractivity contribution is 0.625. The minimum atomic E-state index is -0.381. The van der Waals surface area contributed by atoms with Gasteiger partial charge in [-0.05, 0) is 42.0 Å². The van der Waals surface area contributed by atoms with E-state index in [2.05, 4.69) is 5.32 Å². The first kappa shape index (κ1) is 13.7. The van der Waals surface area contributed by atoms with Crippen LogP contribution in [-0.2, 0) is 6.54 Å². The van der Waals surface area contributed by atoms with E-state index >= 15 is 0 Å². The normalized spacial score (nSPS) is 10.0. The molecule has 0 aliphatic carbocycles. The second kappa shape index (κ2) is 5.92. The van der Waals surface area contributed by atoms with Gasteiger partial charge < -0.3 is 5.32 Å². The molecule has 19 heavy (non-hydrogen) atoms. The van der Waals surface area contributed by atoms with Crippen molar-refractivity contribution in [2.24, 2.45) is 0 Å². The fourth-order valence-electron chi connectivity index (χ4n) is 1.64. The van der Waals surface area contributed by atoms with Crippen LogP contribution in [0.3, 0.4) is 0 Å². The summed E-state index contributed by atoms with van der Waals surface area (Å²) in [7, 11) is 0. The number of anilines is 1. The molecule has 0 aromatic heterocycles. The molecule has 0 aliphatic rings. The Hall–Kier alpha value is -1.76. The van der Waals surface area contributed by atoms with Crippen molar-refractivity contribution in [3.8, 4) is 6.07 Å². The van der Waals surface area contributed by atoms with E-state index in [0.29, 0.717) is 33.4 Å². The zero-order valence-corrected chi connectivity index (χ0v) is 11.3. The van der Waals surface area contributed by atoms with Crippen molar-refractivity contribution in [1.82, 2.24) is 0 Å². The van der Waals surface area contributed by atoms with Crippen LogP contribution in [0.5, 0.6) is 0 Å². The van der Waals surface area contributed by atoms with Gasteiger partial charge in [0.2, 0.25) is 0 Å². The standard InChI is InChI=1S/C14H9Cl2FN2/c15-11-2-4-13(16)14(6-11)19-8-10-5-12(17)3-1-9(10)7-18/h1-6,19H,8H2. The summed E-state index contributed by atoms with van der Waals surface area (Å²) in [6, 6.07) is 11.1. The average molecular weight is 295 g/mol. The van der Waals surface area contributed by atoms with Gasteiger partial charge in [-0.15, -0.1) is 0 Å². The van der Waals surface area contributed by atoms with Crippen LogP contribution in [0, 0.1) is 17.1 Å². The lowest BCUT2D eigenvalue weighted by Gasteiger charge is -2.10. The molecule has 2 nitrogen and oxygen atoms in total. The van der Waals surface area contributed by atoms with Gasteiger partial charge in [-0.3, -0.25) is 0 Å². The van der Waals surface area contributed by atoms with Gasteiger partial charge in [0.05, 0.1) is 22.3 Å². The first-order chi connectivity index (χ1) is 9.10. The van der Waals surface area contributed by atoms with E-state index in [1.165, 1.54) is 18.2 Å². The van der Waals surface area contributed by atoms with Crippen molar-refractivity contribution in [2.75, 3.05) is 5.32 Å². The molecule has 0 atom stereocenters. The van der Waals surface area contributed by atoms with E-state index < -0.39 is 0 Å². The van der Waals surface area contributed by atoms with Crippen LogP contribution < -0.4 is 5.32 Å². The molecule has 0 saturated heterocycles. The van der Waals surface area contributed by atoms with Crippen LogP contribution >= 0.6 is 23.2 Å². The third kappa shape index (κ3) is 3.37. The van der Waals surface area contributed by atoms with Crippen molar-refractivity contribution < 1.29 is 4.39 Å². The lowest BCUT2D eigenvalue weighted by Crippen LogP contribution is -2.02. The summed E-state index contributed by atoms with van der Waals surface area (Å²) in [4.78, 5) is 0. The summed E-state index contributed by atoms with van der Waals surface area (Å²) >= 11 is 11.9. The zero-order chi connectivity index (χ0) is 13.8. The van der Waals surface area contributed by atoms with Crippen LogP contribution in [0.4, 0.5) is 10.1 Å². The first-order valence-corrected chi connectivity index (χ1v) is 6.23. The molecule has 2 aromatic rings. The highest BCUT2D eigenvalue weighted by Crippen LogP contribution is 2.26. The fourth-order valence-corrected chi connectivity index (χ4v) is 2.00. The van der Waals surface area contributed by atoms with Crippen LogP contribution in [0.25, 0.3) is 0 Å². The van der Waals surface area contributed by atoms with Gasteiger partial charge in [0.1, 0.15) is 5.82 Å². The Morgan fingerprint density at radius 2 is 1.95 bits per heavy atom. The summed E-state index contributed by atoms with van der Waals surface area (Å²) in [5.74, 6) is -0.381. The van der Waals surface area contributed by atoms with Crippen LogP contribution in [0.2, 0.25) is 10.0 Å². The Morgan fingerprint density at radius 1 is 1.16 bits per heavy atom. The smallest absolute Gasteiger partial charge is 0.123 e. The summed E-state index contributed by atoms with van der Waals surface area (Å²) in [5, 5.41) is 13.1. The number of hydrogen-bond acceptors (Lipinski definition) is 2. The van der Waals surface area contributed by atoms with Crippen molar-refractivity contribution in [1.29, 1.82) is 5.26 Å². The van der Waals surface area contributed by atoms with Crippen LogP contribution in [0.1, 0.15) is 11.1 Å². The molecular formula is C14H9Cl2FN2. The minimum Gasteiger partial charge on any atom is -0.380 e. The fraction of sp³-hybridized carbons (Fsp3) is 0.0714. The maximum Gasteiger partial charge on any atom is 0.123 e. The van der Waals surface area contributed by atoms with E-state index in [4.69, 9.17) is 28.5 Å². The second-order valence-corrected chi connectivity index (χ2v) is 4.73. The third-order valence-electron chi connectivity index (χ3n) is 2.59. The number of nitrogens with zero attached hydrogens (tertiary/aromatic N) is 1. The Bertz CT molecular complexity index is 650. The van der Waals surface area contributed by atoms with E-state index in [1.54, 1.807) is 18.2 Å². The number of benzene rings is 2. The highest BCUT2D eigenvalue weighted by molar-refractivity contribution is 6.35. The molecule has 0 bridgehead atoms. The lowest BCUT2D eigenvalue weighted by atomic mass is 10.1. The average Bonchev–Trinajstić information content (AvgIpc) is 2.40. The Balaban J connectivity index is 2.21. The van der Waals surface area contributed by atoms with Gasteiger partial charge in [0, 0.05) is 11.6 Å². The Kier molecular flexibility index (Phi) is 4.26. The topological polar surface area (TPSA) is 35.8 Å². The highest BCUT2D eigenvalue weighted by Gasteiger charge is 2.06. The molecule has 0 radical (unpaired) electrons. The zero-order valence-electron chi connectivity index (χ0n) is 9.75. The molecule has 2 rings (SSSR count). The van der Waals surface area contributed by atoms with Gasteiger partial charge >= 0.3 is 0 Å². The predicted molar refractivity (Wildman–Crippen MR) is 74.9 cm³/mol. The number of hydrogen-bond donors (Lipinski definition) is 1. The SMILES string of the molecule is N#Cc1ccc(F)cc1CNc1cc(Cl)ccc1Cl. The van der Waals surface area contributed by atoms with E-state index in [-0.39, 0.29) is 5.82 Å². The van der Waals surface area contributed by atoms with Gasteiger partial charge in [-0.25, -0.2) is 4.39 Å². The number of rotatable bonds is 3. The molecule has 0 aliphatic heterocycles. The van der Waals surface area contributed by atoms with Crippen molar-refractivity contribution in [2.45, 2.75) is 6.54 Å². The molecule has 0 spiro atoms. The molecule has 5 heteroatoms. The number of nitrogens with one attached hydrogen (secondary N) is 1. The Labute approximate surface area is 120 Å². The molecule has 2 aromatic carbocycles. The third-order valence-corrected chi connectivity index (χ3v) is 3.15. The van der Waals surface area contributed by atoms with E-state index in [1.807, 2.05) is 6.07 Å². The summed E-state index contributed by atoms with van der Waals surface area (Å²) in [6.45, 7) is 0.292. The highest BCUT2D eigenvalue weighted by atomic mass is 35.5. The van der Waals surface area contributed by atoms with Crippen molar-refractivity contribution >= 4 is 28.9 Å². The van der Waals surface area contributed by atoms with Crippen LogP contribution in [0.15, 0.2) is 36.4 Å². The molecular weight excluding hydrogens is 286 g/mol. The Morgan fingerprint density at radius 3 is 2.68 bits per heavy atom. The first-order valence-electron chi connectivity index (χ1n) is 5.47. The maximum absolute atomic E-state index is 13.2. The largest absolute Gasteiger partial charge is 0.380 e. The van der Waals surface area contributed by atoms with Crippen molar-refractivity contribution in [3.05, 3.63) is 63.4 Å². The minimum absolute atomic E-state index is 0.292. The molecule has 0 fully saturated rings. The molecule has 0 amide bonds. The molecule has 96 valence electrons. The number of nitriles is 1. The molecule has 1 N–H and O–H groups in total. The summed E-state index contributed by atoms with van der Waals surface area (Å²) < 4.78 is 13.2. The molecule has 0 heterocycles. The second-order valence-electron chi connectivity index (χ2n) is 3.89. The van der Waals surface area contributed by atoms with Gasteiger partial charge in [-0.2, -0.15) is 5.26 Å². The van der Waals surface area contributed by atoms with Gasteiger partial charge in [0.15, 0.2) is 0 Å². The summed E-state index contributed by atoms with van der Waals surface area (Å²) in [6.07, 6.45) is 0. The number of halogens is 3. The molecule has 0 saturated carbocycles. The summed E-state index contributed by atoms with van der Waals surface area (Å²) in [5.41, 5.74) is 1.63. The maximum atomic E-state index is 13.2. The van der Waals surface area contributed by atoms with Gasteiger partial charge in [-0.1, -0.05) is 23.2 Å². The van der Waals surface area contributed by atoms with Crippen molar-refractivity contribution in [3.63, 3.8) is 0 Å². The van der Waals surface area contributed by atoms with E-state index in [9.17, 15) is 4.39 Å². The quantitative estimate of drug-likeness (QED) is 0.897. The monoisotopic (exact) mass is 294 g/mol.